The van der Waals surface area contributed by atoms with Crippen LogP contribution in [-0.2, 0) is 6.54 Å². The van der Waals surface area contributed by atoms with Gasteiger partial charge in [-0.25, -0.2) is 0 Å². The van der Waals surface area contributed by atoms with E-state index in [1.165, 1.54) is 33.2 Å². The molecule has 0 atom stereocenters. The van der Waals surface area contributed by atoms with E-state index in [9.17, 15) is 0 Å². The highest BCUT2D eigenvalue weighted by molar-refractivity contribution is 5.91. The largest absolute Gasteiger partial charge is 0.377 e. The van der Waals surface area contributed by atoms with Gasteiger partial charge in [0.2, 0.25) is 11.0 Å². The summed E-state index contributed by atoms with van der Waals surface area (Å²) in [5.41, 5.74) is 10.8. The standard InChI is InChI=1S/C25H39N5/c1-27(2)22-11-9-20-17-21-10-12-23(28(3)4)19-25(21)29(24(20)18-22)14-8-16-30(5,6)15-7-13-26/h9-12,17-19H,7-8,13-16,26H2,1-6H3/q+2. The van der Waals surface area contributed by atoms with Gasteiger partial charge in [-0.15, -0.1) is 0 Å². The van der Waals surface area contributed by atoms with Crippen LogP contribution in [0, 0.1) is 0 Å². The summed E-state index contributed by atoms with van der Waals surface area (Å²) in [6, 6.07) is 15.9. The van der Waals surface area contributed by atoms with E-state index in [0.29, 0.717) is 0 Å². The molecule has 0 amide bonds. The summed E-state index contributed by atoms with van der Waals surface area (Å²) in [4.78, 5) is 4.36. The van der Waals surface area contributed by atoms with Crippen molar-refractivity contribution in [3.63, 3.8) is 0 Å². The SMILES string of the molecule is CN(C)c1ccc2cc3ccc(N(C)C)cc3[n+](CCC[N+](C)(C)CCCN)c2c1. The zero-order valence-corrected chi connectivity index (χ0v) is 19.7. The van der Waals surface area contributed by atoms with E-state index < -0.39 is 0 Å². The van der Waals surface area contributed by atoms with E-state index in [2.05, 4.69) is 99.1 Å². The van der Waals surface area contributed by atoms with Gasteiger partial charge in [0.15, 0.2) is 6.54 Å². The minimum Gasteiger partial charge on any atom is -0.377 e. The van der Waals surface area contributed by atoms with Crippen LogP contribution in [0.4, 0.5) is 11.4 Å². The number of pyridine rings is 1. The second kappa shape index (κ2) is 9.19. The Morgan fingerprint density at radius 2 is 1.27 bits per heavy atom. The highest BCUT2D eigenvalue weighted by Crippen LogP contribution is 2.25. The number of rotatable bonds is 9. The lowest BCUT2D eigenvalue weighted by Gasteiger charge is -2.29. The Morgan fingerprint density at radius 1 is 0.767 bits per heavy atom. The molecule has 0 spiro atoms. The maximum absolute atomic E-state index is 5.73. The molecule has 1 aromatic heterocycles. The molecule has 0 fully saturated rings. The number of hydrogen-bond donors (Lipinski definition) is 1. The van der Waals surface area contributed by atoms with E-state index in [1.807, 2.05) is 0 Å². The molecular formula is C25H39N5+2. The summed E-state index contributed by atoms with van der Waals surface area (Å²) in [5, 5.41) is 2.59. The normalized spacial score (nSPS) is 12.0. The van der Waals surface area contributed by atoms with Gasteiger partial charge in [0.25, 0.3) is 0 Å². The fourth-order valence-electron chi connectivity index (χ4n) is 4.16. The number of hydrogen-bond acceptors (Lipinski definition) is 3. The molecular weight excluding hydrogens is 370 g/mol. The zero-order chi connectivity index (χ0) is 21.9. The van der Waals surface area contributed by atoms with Crippen molar-refractivity contribution in [3.8, 4) is 0 Å². The number of aryl methyl sites for hydroxylation is 1. The minimum atomic E-state index is 0.769. The van der Waals surface area contributed by atoms with Crippen LogP contribution < -0.4 is 20.1 Å². The number of fused-ring (bicyclic) bond motifs is 2. The van der Waals surface area contributed by atoms with Crippen LogP contribution in [0.15, 0.2) is 42.5 Å². The van der Waals surface area contributed by atoms with Gasteiger partial charge in [-0.3, -0.25) is 0 Å². The van der Waals surface area contributed by atoms with Crippen LogP contribution in [0.25, 0.3) is 21.8 Å². The Bertz CT molecular complexity index is 941. The van der Waals surface area contributed by atoms with E-state index in [4.69, 9.17) is 5.73 Å². The predicted molar refractivity (Wildman–Crippen MR) is 130 cm³/mol. The van der Waals surface area contributed by atoms with Crippen molar-refractivity contribution in [2.75, 3.05) is 71.7 Å². The van der Waals surface area contributed by atoms with Gasteiger partial charge < -0.3 is 20.0 Å². The lowest BCUT2D eigenvalue weighted by Crippen LogP contribution is -2.44. The van der Waals surface area contributed by atoms with E-state index >= 15 is 0 Å². The third-order valence-corrected chi connectivity index (χ3v) is 6.07. The molecule has 0 aliphatic heterocycles. The molecule has 0 radical (unpaired) electrons. The lowest BCUT2D eigenvalue weighted by atomic mass is 10.1. The molecule has 0 aliphatic rings. The van der Waals surface area contributed by atoms with Crippen molar-refractivity contribution in [3.05, 3.63) is 42.5 Å². The summed E-state index contributed by atoms with van der Waals surface area (Å²) in [6.07, 6.45) is 2.21. The summed E-state index contributed by atoms with van der Waals surface area (Å²) in [5.74, 6) is 0. The second-order valence-electron chi connectivity index (χ2n) is 9.45. The number of aromatic nitrogens is 1. The predicted octanol–water partition coefficient (Wildman–Crippen LogP) is 3.23. The Morgan fingerprint density at radius 3 is 1.73 bits per heavy atom. The molecule has 3 rings (SSSR count). The number of benzene rings is 2. The van der Waals surface area contributed by atoms with Crippen molar-refractivity contribution in [1.29, 1.82) is 0 Å². The highest BCUT2D eigenvalue weighted by atomic mass is 15.3. The van der Waals surface area contributed by atoms with Crippen molar-refractivity contribution in [2.24, 2.45) is 5.73 Å². The van der Waals surface area contributed by atoms with Gasteiger partial charge in [-0.1, -0.05) is 0 Å². The van der Waals surface area contributed by atoms with Crippen LogP contribution in [-0.4, -0.2) is 66.4 Å². The Kier molecular flexibility index (Phi) is 6.84. The zero-order valence-electron chi connectivity index (χ0n) is 19.7. The molecule has 5 heteroatoms. The maximum atomic E-state index is 5.73. The average Bonchev–Trinajstić information content (AvgIpc) is 2.70. The molecule has 30 heavy (non-hydrogen) atoms. The van der Waals surface area contributed by atoms with E-state index in [-0.39, 0.29) is 0 Å². The number of quaternary nitrogens is 1. The van der Waals surface area contributed by atoms with Gasteiger partial charge in [0.1, 0.15) is 0 Å². The smallest absolute Gasteiger partial charge is 0.215 e. The first-order chi connectivity index (χ1) is 14.2. The first-order valence-corrected chi connectivity index (χ1v) is 11.0. The number of nitrogens with two attached hydrogens (primary N) is 1. The summed E-state index contributed by atoms with van der Waals surface area (Å²) < 4.78 is 3.54. The van der Waals surface area contributed by atoms with Crippen LogP contribution in [0.1, 0.15) is 12.8 Å². The van der Waals surface area contributed by atoms with Crippen LogP contribution in [0.3, 0.4) is 0 Å². The molecule has 1 heterocycles. The Balaban J connectivity index is 2.05. The van der Waals surface area contributed by atoms with E-state index in [1.54, 1.807) is 0 Å². The van der Waals surface area contributed by atoms with Gasteiger partial charge in [0.05, 0.1) is 33.6 Å². The van der Waals surface area contributed by atoms with E-state index in [0.717, 1.165) is 43.5 Å². The number of nitrogens with zero attached hydrogens (tertiary/aromatic N) is 4. The quantitative estimate of drug-likeness (QED) is 0.335. The molecule has 0 saturated heterocycles. The third kappa shape index (κ3) is 5.02. The first-order valence-electron chi connectivity index (χ1n) is 11.0. The molecule has 0 bridgehead atoms. The summed E-state index contributed by atoms with van der Waals surface area (Å²) in [6.45, 7) is 4.05. The monoisotopic (exact) mass is 409 g/mol. The van der Waals surface area contributed by atoms with Crippen molar-refractivity contribution in [1.82, 2.24) is 0 Å². The van der Waals surface area contributed by atoms with Crippen molar-refractivity contribution >= 4 is 33.2 Å². The van der Waals surface area contributed by atoms with Gasteiger partial charge in [-0.05, 0) is 36.9 Å². The molecule has 3 aromatic rings. The van der Waals surface area contributed by atoms with Crippen LogP contribution >= 0.6 is 0 Å². The molecule has 5 nitrogen and oxygen atoms in total. The Labute approximate surface area is 181 Å². The first kappa shape index (κ1) is 22.3. The number of anilines is 2. The van der Waals surface area contributed by atoms with Crippen LogP contribution in [0.5, 0.6) is 0 Å². The summed E-state index contributed by atoms with van der Waals surface area (Å²) >= 11 is 0. The summed E-state index contributed by atoms with van der Waals surface area (Å²) in [7, 11) is 13.1. The molecule has 0 saturated carbocycles. The average molecular weight is 410 g/mol. The topological polar surface area (TPSA) is 36.4 Å². The highest BCUT2D eigenvalue weighted by Gasteiger charge is 2.20. The maximum Gasteiger partial charge on any atom is 0.215 e. The van der Waals surface area contributed by atoms with Gasteiger partial charge >= 0.3 is 0 Å². The fraction of sp³-hybridized carbons (Fsp3) is 0.480. The third-order valence-electron chi connectivity index (χ3n) is 6.07. The van der Waals surface area contributed by atoms with Crippen molar-refractivity contribution in [2.45, 2.75) is 19.4 Å². The van der Waals surface area contributed by atoms with Gasteiger partial charge in [-0.2, -0.15) is 4.57 Å². The molecule has 0 unspecified atom stereocenters. The second-order valence-corrected chi connectivity index (χ2v) is 9.45. The Hall–Kier alpha value is -2.37. The fourth-order valence-corrected chi connectivity index (χ4v) is 4.16. The van der Waals surface area contributed by atoms with Crippen molar-refractivity contribution < 1.29 is 9.05 Å². The molecule has 2 N–H and O–H groups in total. The molecule has 0 aliphatic carbocycles. The molecule has 162 valence electrons. The van der Waals surface area contributed by atoms with Crippen LogP contribution in [0.2, 0.25) is 0 Å². The lowest BCUT2D eigenvalue weighted by molar-refractivity contribution is -0.892. The molecule has 2 aromatic carbocycles. The minimum absolute atomic E-state index is 0.769. The van der Waals surface area contributed by atoms with Gasteiger partial charge in [0, 0.05) is 68.9 Å².